The molecule has 3 heteroatoms. The number of hydrazine groups is 1. The summed E-state index contributed by atoms with van der Waals surface area (Å²) in [5.41, 5.74) is 17.0. The summed E-state index contributed by atoms with van der Waals surface area (Å²) in [4.78, 5) is 0. The maximum Gasteiger partial charge on any atom is 0.0636 e. The van der Waals surface area contributed by atoms with Crippen molar-refractivity contribution in [3.05, 3.63) is 143 Å². The Labute approximate surface area is 243 Å². The molecule has 0 heterocycles. The number of fused-ring (bicyclic) bond motifs is 4. The van der Waals surface area contributed by atoms with E-state index < -0.39 is 0 Å². The fourth-order valence-electron chi connectivity index (χ4n) is 6.87. The van der Waals surface area contributed by atoms with Crippen LogP contribution in [0.3, 0.4) is 0 Å². The highest BCUT2D eigenvalue weighted by Gasteiger charge is 2.35. The molecule has 3 nitrogen and oxygen atoms in total. The first kappa shape index (κ1) is 25.3. The molecule has 0 aliphatic heterocycles. The Hall–Kier alpha value is -4.63. The standard InChI is InChI=1S/C38H35N3/c1-38(2)35-16-10-9-15-32(35)33-24-30(19-21-36(33)38)41(29-13-7-4-8-14-29)40-37-22-18-28-23-27(26-11-5-3-6-12-26)17-20-31(28)34(37)25-39/h3-11,13-16,18-19,21-26,39-40H,12,17,20H2,1-2H3. The number of anilines is 3. The molecule has 2 N–H and O–H groups in total. The first-order chi connectivity index (χ1) is 20.0. The summed E-state index contributed by atoms with van der Waals surface area (Å²) >= 11 is 0. The average Bonchev–Trinajstić information content (AvgIpc) is 3.26. The van der Waals surface area contributed by atoms with E-state index in [4.69, 9.17) is 5.41 Å². The van der Waals surface area contributed by atoms with Crippen molar-refractivity contribution in [2.75, 3.05) is 10.4 Å². The van der Waals surface area contributed by atoms with Gasteiger partial charge in [0, 0.05) is 23.1 Å². The van der Waals surface area contributed by atoms with Crippen LogP contribution < -0.4 is 10.4 Å². The van der Waals surface area contributed by atoms with Gasteiger partial charge in [-0.05, 0) is 83.0 Å². The van der Waals surface area contributed by atoms with Gasteiger partial charge >= 0.3 is 0 Å². The van der Waals surface area contributed by atoms with E-state index >= 15 is 0 Å². The van der Waals surface area contributed by atoms with Gasteiger partial charge in [0.15, 0.2) is 0 Å². The lowest BCUT2D eigenvalue weighted by Crippen LogP contribution is -2.26. The van der Waals surface area contributed by atoms with Gasteiger partial charge in [-0.25, -0.2) is 0 Å². The highest BCUT2D eigenvalue weighted by molar-refractivity contribution is 5.92. The van der Waals surface area contributed by atoms with E-state index in [2.05, 4.69) is 134 Å². The number of allylic oxidation sites excluding steroid dienone is 5. The Morgan fingerprint density at radius 2 is 1.63 bits per heavy atom. The van der Waals surface area contributed by atoms with Crippen LogP contribution >= 0.6 is 0 Å². The van der Waals surface area contributed by atoms with Crippen LogP contribution in [0.15, 0.2) is 115 Å². The summed E-state index contributed by atoms with van der Waals surface area (Å²) in [6, 6.07) is 30.4. The van der Waals surface area contributed by atoms with Gasteiger partial charge in [0.25, 0.3) is 0 Å². The average molecular weight is 534 g/mol. The van der Waals surface area contributed by atoms with Crippen molar-refractivity contribution < 1.29 is 0 Å². The molecule has 0 aromatic heterocycles. The minimum atomic E-state index is -0.0304. The molecule has 1 atom stereocenters. The lowest BCUT2D eigenvalue weighted by Gasteiger charge is -2.30. The first-order valence-electron chi connectivity index (χ1n) is 14.6. The summed E-state index contributed by atoms with van der Waals surface area (Å²) in [5, 5.41) is 10.6. The number of benzene rings is 4. The van der Waals surface area contributed by atoms with Crippen LogP contribution in [0.1, 0.15) is 54.5 Å². The van der Waals surface area contributed by atoms with E-state index in [9.17, 15) is 0 Å². The maximum absolute atomic E-state index is 8.42. The Kier molecular flexibility index (Phi) is 6.23. The van der Waals surface area contributed by atoms with Crippen LogP contribution in [0.2, 0.25) is 0 Å². The van der Waals surface area contributed by atoms with Crippen molar-refractivity contribution in [2.24, 2.45) is 5.92 Å². The highest BCUT2D eigenvalue weighted by Crippen LogP contribution is 2.50. The van der Waals surface area contributed by atoms with Crippen LogP contribution in [0, 0.1) is 11.3 Å². The number of rotatable bonds is 6. The van der Waals surface area contributed by atoms with Crippen molar-refractivity contribution in [3.8, 4) is 11.1 Å². The molecule has 4 aromatic carbocycles. The van der Waals surface area contributed by atoms with E-state index in [-0.39, 0.29) is 5.41 Å². The van der Waals surface area contributed by atoms with Crippen LogP contribution in [0.4, 0.5) is 17.1 Å². The minimum absolute atomic E-state index is 0.0304. The zero-order valence-corrected chi connectivity index (χ0v) is 23.7. The Bertz CT molecular complexity index is 1740. The van der Waals surface area contributed by atoms with Crippen molar-refractivity contribution in [1.29, 1.82) is 5.41 Å². The second-order valence-electron chi connectivity index (χ2n) is 11.8. The molecular weight excluding hydrogens is 498 g/mol. The normalized spacial score (nSPS) is 17.7. The summed E-state index contributed by atoms with van der Waals surface area (Å²) in [6.07, 6.45) is 15.8. The second kappa shape index (κ2) is 10.1. The molecule has 41 heavy (non-hydrogen) atoms. The summed E-state index contributed by atoms with van der Waals surface area (Å²) in [7, 11) is 0. The van der Waals surface area contributed by atoms with E-state index in [0.717, 1.165) is 41.9 Å². The number of para-hydroxylation sites is 1. The smallest absolute Gasteiger partial charge is 0.0636 e. The fraction of sp³-hybridized carbons (Fsp3) is 0.184. The fourth-order valence-corrected chi connectivity index (χ4v) is 6.87. The van der Waals surface area contributed by atoms with Crippen molar-refractivity contribution in [1.82, 2.24) is 0 Å². The molecule has 0 saturated heterocycles. The minimum Gasteiger partial charge on any atom is -0.308 e. The van der Waals surface area contributed by atoms with E-state index in [1.54, 1.807) is 0 Å². The molecule has 3 aliphatic rings. The SMILES string of the molecule is CC1(C)c2ccccc2-c2cc(N(Nc3ccc4c(c3C=N)CCC(C3C=CC=CC3)=C4)c3ccccc3)ccc21. The molecule has 202 valence electrons. The van der Waals surface area contributed by atoms with Gasteiger partial charge in [0.1, 0.15) is 0 Å². The highest BCUT2D eigenvalue weighted by atomic mass is 15.5. The molecule has 0 amide bonds. The third kappa shape index (κ3) is 4.33. The molecular formula is C38H35N3. The lowest BCUT2D eigenvalue weighted by atomic mass is 9.81. The van der Waals surface area contributed by atoms with Crippen molar-refractivity contribution in [3.63, 3.8) is 0 Å². The molecule has 0 fully saturated rings. The summed E-state index contributed by atoms with van der Waals surface area (Å²) in [6.45, 7) is 4.63. The summed E-state index contributed by atoms with van der Waals surface area (Å²) < 4.78 is 0. The van der Waals surface area contributed by atoms with Gasteiger partial charge in [-0.15, -0.1) is 0 Å². The van der Waals surface area contributed by atoms with Crippen molar-refractivity contribution in [2.45, 2.75) is 38.5 Å². The quantitative estimate of drug-likeness (QED) is 0.191. The maximum atomic E-state index is 8.42. The second-order valence-corrected chi connectivity index (χ2v) is 11.8. The molecule has 0 spiro atoms. The van der Waals surface area contributed by atoms with E-state index in [0.29, 0.717) is 5.92 Å². The predicted octanol–water partition coefficient (Wildman–Crippen LogP) is 9.62. The number of nitrogens with zero attached hydrogens (tertiary/aromatic N) is 1. The van der Waals surface area contributed by atoms with Crippen LogP contribution in [-0.4, -0.2) is 6.21 Å². The Morgan fingerprint density at radius 3 is 2.44 bits per heavy atom. The number of nitrogens with one attached hydrogen (secondary N) is 2. The molecule has 0 saturated carbocycles. The molecule has 3 aliphatic carbocycles. The zero-order valence-electron chi connectivity index (χ0n) is 23.7. The predicted molar refractivity (Wildman–Crippen MR) is 173 cm³/mol. The monoisotopic (exact) mass is 533 g/mol. The van der Waals surface area contributed by atoms with Crippen LogP contribution in [-0.2, 0) is 11.8 Å². The molecule has 0 bridgehead atoms. The zero-order chi connectivity index (χ0) is 28.0. The lowest BCUT2D eigenvalue weighted by molar-refractivity contribution is 0.660. The van der Waals surface area contributed by atoms with Gasteiger partial charge in [-0.2, -0.15) is 0 Å². The van der Waals surface area contributed by atoms with Crippen molar-refractivity contribution >= 4 is 29.4 Å². The number of hydrogen-bond donors (Lipinski definition) is 2. The van der Waals surface area contributed by atoms with Gasteiger partial charge in [-0.1, -0.05) is 104 Å². The number of hydrogen-bond acceptors (Lipinski definition) is 3. The largest absolute Gasteiger partial charge is 0.308 e. The van der Waals surface area contributed by atoms with Gasteiger partial charge < -0.3 is 5.41 Å². The molecule has 4 aromatic rings. The van der Waals surface area contributed by atoms with E-state index in [1.165, 1.54) is 45.2 Å². The summed E-state index contributed by atoms with van der Waals surface area (Å²) in [5.74, 6) is 0.484. The topological polar surface area (TPSA) is 39.1 Å². The third-order valence-corrected chi connectivity index (χ3v) is 9.07. The first-order valence-corrected chi connectivity index (χ1v) is 14.6. The third-order valence-electron chi connectivity index (χ3n) is 9.07. The van der Waals surface area contributed by atoms with Gasteiger partial charge in [0.2, 0.25) is 0 Å². The van der Waals surface area contributed by atoms with E-state index in [1.807, 2.05) is 6.07 Å². The van der Waals surface area contributed by atoms with Crippen LogP contribution in [0.25, 0.3) is 17.2 Å². The molecule has 7 rings (SSSR count). The Morgan fingerprint density at radius 1 is 0.829 bits per heavy atom. The molecule has 1 unspecified atom stereocenters. The van der Waals surface area contributed by atoms with Crippen LogP contribution in [0.5, 0.6) is 0 Å². The molecule has 0 radical (unpaired) electrons. The van der Waals surface area contributed by atoms with Gasteiger partial charge in [0.05, 0.1) is 17.1 Å². The van der Waals surface area contributed by atoms with Gasteiger partial charge in [-0.3, -0.25) is 10.4 Å². The Balaban J connectivity index is 1.29.